The van der Waals surface area contributed by atoms with Gasteiger partial charge in [-0.2, -0.15) is 0 Å². The molecule has 4 aliphatic rings. The Bertz CT molecular complexity index is 959. The number of anilines is 1. The summed E-state index contributed by atoms with van der Waals surface area (Å²) in [7, 11) is 1.79. The van der Waals surface area contributed by atoms with Crippen molar-refractivity contribution in [2.24, 2.45) is 5.92 Å². The Kier molecular flexibility index (Phi) is 7.13. The SMILES string of the molecule is CN1C(=O)c2cc(NC(=O)NC3CCCC3)ccc2OC[C@@H]2O[C@H](CC(=O)NCC3CC3)CC[C@@H]21. The number of ether oxygens (including phenoxy) is 2. The maximum atomic E-state index is 13.4. The molecular weight excluding hydrogens is 448 g/mol. The highest BCUT2D eigenvalue weighted by Crippen LogP contribution is 2.33. The minimum atomic E-state index is -0.304. The van der Waals surface area contributed by atoms with Crippen molar-refractivity contribution < 1.29 is 23.9 Å². The van der Waals surface area contributed by atoms with Crippen LogP contribution in [0.5, 0.6) is 5.75 Å². The fourth-order valence-electron chi connectivity index (χ4n) is 5.39. The average molecular weight is 485 g/mol. The lowest BCUT2D eigenvalue weighted by molar-refractivity contribution is -0.134. The summed E-state index contributed by atoms with van der Waals surface area (Å²) in [5.74, 6) is 0.972. The van der Waals surface area contributed by atoms with E-state index in [9.17, 15) is 14.4 Å². The zero-order chi connectivity index (χ0) is 24.4. The van der Waals surface area contributed by atoms with E-state index in [-0.39, 0.29) is 42.1 Å². The minimum absolute atomic E-state index is 0.0267. The first-order chi connectivity index (χ1) is 17.0. The number of carbonyl (C=O) groups excluding carboxylic acids is 3. The fraction of sp³-hybridized carbons (Fsp3) is 0.654. The smallest absolute Gasteiger partial charge is 0.319 e. The predicted molar refractivity (Wildman–Crippen MR) is 130 cm³/mol. The Morgan fingerprint density at radius 3 is 2.66 bits per heavy atom. The van der Waals surface area contributed by atoms with E-state index in [2.05, 4.69) is 16.0 Å². The molecule has 2 saturated carbocycles. The second-order valence-corrected chi connectivity index (χ2v) is 10.4. The second-order valence-electron chi connectivity index (χ2n) is 10.4. The van der Waals surface area contributed by atoms with E-state index in [0.29, 0.717) is 42.4 Å². The Morgan fingerprint density at radius 2 is 1.89 bits per heavy atom. The summed E-state index contributed by atoms with van der Waals surface area (Å²) < 4.78 is 12.3. The molecule has 1 aromatic rings. The molecule has 3 fully saturated rings. The van der Waals surface area contributed by atoms with E-state index in [1.807, 2.05) is 0 Å². The minimum Gasteiger partial charge on any atom is -0.490 e. The standard InChI is InChI=1S/C26H36N4O5/c1-30-21-10-9-19(13-24(31)27-14-16-6-7-16)35-23(21)15-34-22-11-8-18(12-20(22)25(30)32)29-26(33)28-17-4-2-3-5-17/h8,11-12,16-17,19,21,23H,2-7,9-10,13-15H2,1H3,(H,27,31)(H2,28,29,33)/t19-,21-,23-/m0/s1. The summed E-state index contributed by atoms with van der Waals surface area (Å²) in [4.78, 5) is 39.8. The summed E-state index contributed by atoms with van der Waals surface area (Å²) in [6, 6.07) is 4.97. The number of likely N-dealkylation sites (N-methyl/N-ethyl adjacent to an activating group) is 1. The number of nitrogens with one attached hydrogen (secondary N) is 3. The number of fused-ring (bicyclic) bond motifs is 2. The van der Waals surface area contributed by atoms with E-state index in [1.54, 1.807) is 30.1 Å². The molecule has 9 nitrogen and oxygen atoms in total. The van der Waals surface area contributed by atoms with Gasteiger partial charge in [0.05, 0.1) is 24.1 Å². The van der Waals surface area contributed by atoms with Gasteiger partial charge < -0.3 is 30.3 Å². The highest BCUT2D eigenvalue weighted by molar-refractivity contribution is 5.99. The monoisotopic (exact) mass is 484 g/mol. The molecule has 0 radical (unpaired) electrons. The van der Waals surface area contributed by atoms with Crippen LogP contribution in [0.3, 0.4) is 0 Å². The van der Waals surface area contributed by atoms with Crippen LogP contribution >= 0.6 is 0 Å². The number of benzene rings is 1. The van der Waals surface area contributed by atoms with Gasteiger partial charge in [-0.25, -0.2) is 4.79 Å². The van der Waals surface area contributed by atoms with Crippen LogP contribution in [0.4, 0.5) is 10.5 Å². The molecule has 1 aromatic carbocycles. The number of hydrogen-bond donors (Lipinski definition) is 3. The first-order valence-corrected chi connectivity index (χ1v) is 13.0. The summed E-state index contributed by atoms with van der Waals surface area (Å²) >= 11 is 0. The fourth-order valence-corrected chi connectivity index (χ4v) is 5.39. The van der Waals surface area contributed by atoms with Crippen molar-refractivity contribution in [3.63, 3.8) is 0 Å². The van der Waals surface area contributed by atoms with Crippen LogP contribution in [0, 0.1) is 5.92 Å². The molecule has 0 unspecified atom stereocenters. The van der Waals surface area contributed by atoms with Crippen LogP contribution in [0.25, 0.3) is 0 Å². The molecule has 1 saturated heterocycles. The van der Waals surface area contributed by atoms with Gasteiger partial charge in [0.2, 0.25) is 5.91 Å². The number of nitrogens with zero attached hydrogens (tertiary/aromatic N) is 1. The molecule has 9 heteroatoms. The highest BCUT2D eigenvalue weighted by Gasteiger charge is 2.39. The number of hydrogen-bond acceptors (Lipinski definition) is 5. The third kappa shape index (κ3) is 5.89. The molecule has 2 aliphatic heterocycles. The first kappa shape index (κ1) is 23.9. The van der Waals surface area contributed by atoms with E-state index < -0.39 is 0 Å². The Hall–Kier alpha value is -2.81. The quantitative estimate of drug-likeness (QED) is 0.575. The maximum absolute atomic E-state index is 13.4. The average Bonchev–Trinajstić information content (AvgIpc) is 3.54. The molecule has 0 aromatic heterocycles. The zero-order valence-corrected chi connectivity index (χ0v) is 20.4. The van der Waals surface area contributed by atoms with Gasteiger partial charge in [0.15, 0.2) is 0 Å². The van der Waals surface area contributed by atoms with Gasteiger partial charge in [0, 0.05) is 25.3 Å². The van der Waals surface area contributed by atoms with E-state index >= 15 is 0 Å². The number of amides is 4. The molecule has 3 N–H and O–H groups in total. The lowest BCUT2D eigenvalue weighted by Gasteiger charge is -2.42. The van der Waals surface area contributed by atoms with Crippen LogP contribution in [0.2, 0.25) is 0 Å². The Balaban J connectivity index is 1.21. The van der Waals surface area contributed by atoms with Gasteiger partial charge in [-0.05, 0) is 62.6 Å². The van der Waals surface area contributed by atoms with Crippen molar-refractivity contribution in [3.05, 3.63) is 23.8 Å². The van der Waals surface area contributed by atoms with Gasteiger partial charge in [-0.3, -0.25) is 9.59 Å². The van der Waals surface area contributed by atoms with Gasteiger partial charge >= 0.3 is 6.03 Å². The second kappa shape index (κ2) is 10.4. The van der Waals surface area contributed by atoms with E-state index in [4.69, 9.17) is 9.47 Å². The molecule has 0 bridgehead atoms. The molecule has 2 heterocycles. The number of carbonyl (C=O) groups is 3. The van der Waals surface area contributed by atoms with Crippen molar-refractivity contribution in [1.82, 2.24) is 15.5 Å². The van der Waals surface area contributed by atoms with Crippen molar-refractivity contribution >= 4 is 23.5 Å². The van der Waals surface area contributed by atoms with E-state index in [0.717, 1.165) is 38.6 Å². The summed E-state index contributed by atoms with van der Waals surface area (Å²) in [5.41, 5.74) is 0.977. The molecule has 0 spiro atoms. The molecule has 5 rings (SSSR count). The van der Waals surface area contributed by atoms with Gasteiger partial charge in [0.1, 0.15) is 18.5 Å². The van der Waals surface area contributed by atoms with Crippen molar-refractivity contribution in [2.45, 2.75) is 82.1 Å². The molecule has 190 valence electrons. The normalized spacial score (nSPS) is 26.6. The molecular formula is C26H36N4O5. The third-order valence-electron chi connectivity index (χ3n) is 7.66. The lowest BCUT2D eigenvalue weighted by Crippen LogP contribution is -2.54. The van der Waals surface area contributed by atoms with E-state index in [1.165, 1.54) is 12.8 Å². The summed E-state index contributed by atoms with van der Waals surface area (Å²) in [6.07, 6.45) is 8.01. The van der Waals surface area contributed by atoms with Crippen LogP contribution < -0.4 is 20.7 Å². The van der Waals surface area contributed by atoms with Gasteiger partial charge in [0.25, 0.3) is 5.91 Å². The van der Waals surface area contributed by atoms with Gasteiger partial charge in [-0.15, -0.1) is 0 Å². The van der Waals surface area contributed by atoms with Crippen LogP contribution in [0.15, 0.2) is 18.2 Å². The zero-order valence-electron chi connectivity index (χ0n) is 20.4. The Morgan fingerprint density at radius 1 is 1.09 bits per heavy atom. The number of rotatable bonds is 6. The largest absolute Gasteiger partial charge is 0.490 e. The molecule has 4 amide bonds. The molecule has 3 atom stereocenters. The summed E-state index contributed by atoms with van der Waals surface area (Å²) in [6.45, 7) is 1.05. The molecule has 35 heavy (non-hydrogen) atoms. The molecule has 2 aliphatic carbocycles. The first-order valence-electron chi connectivity index (χ1n) is 13.0. The van der Waals surface area contributed by atoms with Crippen molar-refractivity contribution in [2.75, 3.05) is 25.5 Å². The Labute approximate surface area is 206 Å². The van der Waals surface area contributed by atoms with Crippen molar-refractivity contribution in [3.8, 4) is 5.75 Å². The van der Waals surface area contributed by atoms with Gasteiger partial charge in [-0.1, -0.05) is 12.8 Å². The highest BCUT2D eigenvalue weighted by atomic mass is 16.5. The topological polar surface area (TPSA) is 109 Å². The maximum Gasteiger partial charge on any atom is 0.319 e. The summed E-state index contributed by atoms with van der Waals surface area (Å²) in [5, 5.41) is 8.86. The predicted octanol–water partition coefficient (Wildman–Crippen LogP) is 3.05. The third-order valence-corrected chi connectivity index (χ3v) is 7.66. The lowest BCUT2D eigenvalue weighted by atomic mass is 9.94. The van der Waals surface area contributed by atoms with Crippen LogP contribution in [0.1, 0.15) is 68.1 Å². The number of urea groups is 1. The van der Waals surface area contributed by atoms with Crippen LogP contribution in [-0.4, -0.2) is 67.2 Å². The van der Waals surface area contributed by atoms with Crippen LogP contribution in [-0.2, 0) is 9.53 Å². The van der Waals surface area contributed by atoms with Crippen molar-refractivity contribution in [1.29, 1.82) is 0 Å².